The summed E-state index contributed by atoms with van der Waals surface area (Å²) in [6.07, 6.45) is 0.884. The molecular weight excluding hydrogens is 248 g/mol. The van der Waals surface area contributed by atoms with Gasteiger partial charge in [0, 0.05) is 6.42 Å². The summed E-state index contributed by atoms with van der Waals surface area (Å²) in [5, 5.41) is 0.426. The zero-order chi connectivity index (χ0) is 12.5. The summed E-state index contributed by atoms with van der Waals surface area (Å²) in [7, 11) is 0. The van der Waals surface area contributed by atoms with Crippen molar-refractivity contribution in [3.05, 3.63) is 15.6 Å². The molecule has 0 amide bonds. The molecule has 2 rings (SSSR count). The van der Waals surface area contributed by atoms with Crippen LogP contribution in [-0.2, 0) is 28.3 Å². The van der Waals surface area contributed by atoms with Crippen LogP contribution < -0.4 is 0 Å². The Balaban J connectivity index is 2.17. The topological polar surface area (TPSA) is 39.2 Å². The maximum atomic E-state index is 13.6. The molecule has 0 bridgehead atoms. The van der Waals surface area contributed by atoms with Crippen LogP contribution in [0.1, 0.15) is 35.3 Å². The normalized spacial score (nSPS) is 17.6. The predicted molar refractivity (Wildman–Crippen MR) is 59.3 cm³/mol. The van der Waals surface area contributed by atoms with Crippen LogP contribution in [0.15, 0.2) is 0 Å². The number of hydrogen-bond donors (Lipinski definition) is 0. The molecule has 1 aliphatic rings. The number of carbonyl (C=O) groups excluding carboxylic acids is 1. The van der Waals surface area contributed by atoms with Crippen molar-refractivity contribution in [1.29, 1.82) is 0 Å². The number of thiazole rings is 1. The Morgan fingerprint density at radius 3 is 3.00 bits per heavy atom. The first-order chi connectivity index (χ1) is 8.03. The third-order valence-electron chi connectivity index (χ3n) is 2.58. The number of hydrogen-bond acceptors (Lipinski definition) is 4. The second-order valence-corrected chi connectivity index (χ2v) is 5.01. The number of alkyl halides is 2. The molecule has 1 aliphatic carbocycles. The first-order valence-corrected chi connectivity index (χ1v) is 6.37. The molecule has 3 nitrogen and oxygen atoms in total. The minimum Gasteiger partial charge on any atom is -0.466 e. The molecule has 0 atom stereocenters. The van der Waals surface area contributed by atoms with E-state index >= 15 is 0 Å². The Hall–Kier alpha value is -1.04. The van der Waals surface area contributed by atoms with Crippen molar-refractivity contribution in [3.63, 3.8) is 0 Å². The molecule has 0 radical (unpaired) electrons. The molecule has 0 saturated carbocycles. The molecule has 0 unspecified atom stereocenters. The van der Waals surface area contributed by atoms with Crippen LogP contribution in [0.25, 0.3) is 0 Å². The zero-order valence-corrected chi connectivity index (χ0v) is 10.3. The Bertz CT molecular complexity index is 431. The van der Waals surface area contributed by atoms with E-state index in [1.807, 2.05) is 0 Å². The molecule has 1 aromatic rings. The predicted octanol–water partition coefficient (Wildman–Crippen LogP) is 2.68. The summed E-state index contributed by atoms with van der Waals surface area (Å²) in [6, 6.07) is 0. The lowest BCUT2D eigenvalue weighted by Gasteiger charge is -2.19. The first-order valence-electron chi connectivity index (χ1n) is 5.55. The van der Waals surface area contributed by atoms with Gasteiger partial charge in [-0.15, -0.1) is 11.3 Å². The number of aryl methyl sites for hydroxylation is 1. The van der Waals surface area contributed by atoms with Crippen molar-refractivity contribution in [3.8, 4) is 0 Å². The minimum absolute atomic E-state index is 0.0123. The van der Waals surface area contributed by atoms with Crippen LogP contribution >= 0.6 is 11.3 Å². The maximum Gasteiger partial charge on any atom is 0.312 e. The summed E-state index contributed by atoms with van der Waals surface area (Å²) in [5.74, 6) is -3.19. The first kappa shape index (κ1) is 12.4. The van der Waals surface area contributed by atoms with Crippen molar-refractivity contribution in [2.24, 2.45) is 0 Å². The molecule has 0 aliphatic heterocycles. The zero-order valence-electron chi connectivity index (χ0n) is 9.46. The van der Waals surface area contributed by atoms with Crippen LogP contribution in [0.2, 0.25) is 0 Å². The second-order valence-electron chi connectivity index (χ2n) is 3.92. The lowest BCUT2D eigenvalue weighted by molar-refractivity contribution is -0.142. The van der Waals surface area contributed by atoms with Gasteiger partial charge in [-0.05, 0) is 19.8 Å². The van der Waals surface area contributed by atoms with Gasteiger partial charge in [0.25, 0.3) is 5.92 Å². The van der Waals surface area contributed by atoms with Crippen LogP contribution in [0.3, 0.4) is 0 Å². The van der Waals surface area contributed by atoms with Crippen molar-refractivity contribution < 1.29 is 18.3 Å². The highest BCUT2D eigenvalue weighted by molar-refractivity contribution is 7.12. The average Bonchev–Trinajstić information content (AvgIpc) is 2.61. The maximum absolute atomic E-state index is 13.6. The van der Waals surface area contributed by atoms with Gasteiger partial charge >= 0.3 is 5.97 Å². The van der Waals surface area contributed by atoms with E-state index in [0.717, 1.165) is 11.3 Å². The molecule has 6 heteroatoms. The van der Waals surface area contributed by atoms with Crippen LogP contribution in [0.5, 0.6) is 0 Å². The summed E-state index contributed by atoms with van der Waals surface area (Å²) in [5.41, 5.74) is 0.450. The Kier molecular flexibility index (Phi) is 3.42. The molecule has 0 saturated heterocycles. The number of carbonyl (C=O) groups is 1. The van der Waals surface area contributed by atoms with Gasteiger partial charge in [0.2, 0.25) is 0 Å². The number of rotatable bonds is 3. The van der Waals surface area contributed by atoms with E-state index < -0.39 is 11.9 Å². The molecule has 0 fully saturated rings. The lowest BCUT2D eigenvalue weighted by Crippen LogP contribution is -2.18. The lowest BCUT2D eigenvalue weighted by atomic mass is 10.00. The third kappa shape index (κ3) is 2.62. The van der Waals surface area contributed by atoms with Gasteiger partial charge in [0.1, 0.15) is 5.01 Å². The van der Waals surface area contributed by atoms with Gasteiger partial charge in [0.15, 0.2) is 0 Å². The fraction of sp³-hybridized carbons (Fsp3) is 0.636. The molecule has 0 aromatic carbocycles. The number of ether oxygens (including phenoxy) is 1. The van der Waals surface area contributed by atoms with E-state index in [0.29, 0.717) is 30.2 Å². The van der Waals surface area contributed by atoms with Crippen molar-refractivity contribution in [2.75, 3.05) is 6.61 Å². The fourth-order valence-corrected chi connectivity index (χ4v) is 2.96. The van der Waals surface area contributed by atoms with E-state index in [4.69, 9.17) is 4.74 Å². The standard InChI is InChI=1S/C11H13F2NO2S/c1-2-16-9(15)6-8-14-7-4-3-5-11(12,13)10(7)17-8/h2-6H2,1H3. The van der Waals surface area contributed by atoms with Gasteiger partial charge in [-0.1, -0.05) is 0 Å². The van der Waals surface area contributed by atoms with Crippen LogP contribution in [0, 0.1) is 0 Å². The number of nitrogens with zero attached hydrogens (tertiary/aromatic N) is 1. The summed E-state index contributed by atoms with van der Waals surface area (Å²) in [4.78, 5) is 15.4. The van der Waals surface area contributed by atoms with Crippen LogP contribution in [0.4, 0.5) is 8.78 Å². The SMILES string of the molecule is CCOC(=O)Cc1nc2c(s1)C(F)(F)CCC2. The molecule has 0 spiro atoms. The Labute approximate surface area is 102 Å². The molecule has 1 aromatic heterocycles. The van der Waals surface area contributed by atoms with E-state index in [1.165, 1.54) is 0 Å². The average molecular weight is 261 g/mol. The molecule has 17 heavy (non-hydrogen) atoms. The van der Waals surface area contributed by atoms with Gasteiger partial charge < -0.3 is 4.74 Å². The summed E-state index contributed by atoms with van der Waals surface area (Å²) < 4.78 is 31.9. The molecule has 1 heterocycles. The quantitative estimate of drug-likeness (QED) is 0.785. The monoisotopic (exact) mass is 261 g/mol. The second kappa shape index (κ2) is 4.68. The third-order valence-corrected chi connectivity index (χ3v) is 3.79. The van der Waals surface area contributed by atoms with E-state index in [-0.39, 0.29) is 17.7 Å². The molecular formula is C11H13F2NO2S. The largest absolute Gasteiger partial charge is 0.466 e. The van der Waals surface area contributed by atoms with E-state index in [2.05, 4.69) is 4.98 Å². The summed E-state index contributed by atoms with van der Waals surface area (Å²) >= 11 is 0.935. The Morgan fingerprint density at radius 1 is 1.59 bits per heavy atom. The highest BCUT2D eigenvalue weighted by Gasteiger charge is 2.39. The fourth-order valence-electron chi connectivity index (χ4n) is 1.86. The Morgan fingerprint density at radius 2 is 2.35 bits per heavy atom. The van der Waals surface area contributed by atoms with Gasteiger partial charge in [-0.2, -0.15) is 0 Å². The van der Waals surface area contributed by atoms with Gasteiger partial charge in [-0.25, -0.2) is 13.8 Å². The van der Waals surface area contributed by atoms with Crippen molar-refractivity contribution in [1.82, 2.24) is 4.98 Å². The van der Waals surface area contributed by atoms with E-state index in [1.54, 1.807) is 6.92 Å². The molecule has 0 N–H and O–H groups in total. The smallest absolute Gasteiger partial charge is 0.312 e. The van der Waals surface area contributed by atoms with E-state index in [9.17, 15) is 13.6 Å². The highest BCUT2D eigenvalue weighted by atomic mass is 32.1. The minimum atomic E-state index is -2.78. The number of halogens is 2. The van der Waals surface area contributed by atoms with Crippen LogP contribution in [-0.4, -0.2) is 17.6 Å². The van der Waals surface area contributed by atoms with Crippen molar-refractivity contribution in [2.45, 2.75) is 38.5 Å². The number of esters is 1. The number of fused-ring (bicyclic) bond motifs is 1. The van der Waals surface area contributed by atoms with Crippen molar-refractivity contribution >= 4 is 17.3 Å². The number of aromatic nitrogens is 1. The van der Waals surface area contributed by atoms with Gasteiger partial charge in [-0.3, -0.25) is 4.79 Å². The molecule has 94 valence electrons. The highest BCUT2D eigenvalue weighted by Crippen LogP contribution is 2.43. The summed E-state index contributed by atoms with van der Waals surface area (Å²) in [6.45, 7) is 2.00. The van der Waals surface area contributed by atoms with Gasteiger partial charge in [0.05, 0.1) is 23.6 Å².